The summed E-state index contributed by atoms with van der Waals surface area (Å²) in [5, 5.41) is -0.231. The molecular formula is C18H13Cl2F6N5. The molecule has 31 heavy (non-hydrogen) atoms. The van der Waals surface area contributed by atoms with Crippen LogP contribution in [0.4, 0.5) is 38.1 Å². The van der Waals surface area contributed by atoms with Gasteiger partial charge in [-0.1, -0.05) is 23.2 Å². The van der Waals surface area contributed by atoms with Crippen LogP contribution >= 0.6 is 23.2 Å². The first kappa shape index (κ1) is 21.8. The van der Waals surface area contributed by atoms with E-state index < -0.39 is 23.5 Å². The van der Waals surface area contributed by atoms with Crippen LogP contribution in [-0.4, -0.2) is 41.1 Å². The Morgan fingerprint density at radius 3 is 1.97 bits per heavy atom. The van der Waals surface area contributed by atoms with E-state index in [1.165, 1.54) is 0 Å². The van der Waals surface area contributed by atoms with Crippen molar-refractivity contribution < 1.29 is 26.3 Å². The van der Waals surface area contributed by atoms with Gasteiger partial charge in [-0.25, -0.2) is 9.97 Å². The van der Waals surface area contributed by atoms with E-state index in [0.29, 0.717) is 32.1 Å². The molecule has 1 saturated heterocycles. The summed E-state index contributed by atoms with van der Waals surface area (Å²) in [4.78, 5) is 14.5. The lowest BCUT2D eigenvalue weighted by Gasteiger charge is -2.35. The second kappa shape index (κ2) is 7.63. The summed E-state index contributed by atoms with van der Waals surface area (Å²) in [6, 6.07) is 2.60. The zero-order valence-corrected chi connectivity index (χ0v) is 17.0. The first-order valence-corrected chi connectivity index (χ1v) is 9.68. The molecule has 3 aromatic rings. The van der Waals surface area contributed by atoms with E-state index in [0.717, 1.165) is 24.4 Å². The summed E-state index contributed by atoms with van der Waals surface area (Å²) in [6.45, 7) is 1.53. The van der Waals surface area contributed by atoms with Gasteiger partial charge in [-0.15, -0.1) is 0 Å². The predicted molar refractivity (Wildman–Crippen MR) is 105 cm³/mol. The number of hydrogen-bond acceptors (Lipinski definition) is 4. The van der Waals surface area contributed by atoms with E-state index >= 15 is 0 Å². The molecule has 2 aromatic heterocycles. The maximum absolute atomic E-state index is 13.0. The standard InChI is InChI=1S/C18H13Cl2F6N5/c19-11-5-9(17(21,22)23)7-13-14(11)29-16(28-13)31-3-1-30(2-4-31)15-12(20)6-10(8-27-15)18(24,25)26/h5-8H,1-4H2,(H,28,29). The van der Waals surface area contributed by atoms with Crippen LogP contribution in [0.3, 0.4) is 0 Å². The first-order valence-electron chi connectivity index (χ1n) is 8.92. The van der Waals surface area contributed by atoms with Crippen molar-refractivity contribution in [2.45, 2.75) is 12.4 Å². The number of aromatic amines is 1. The number of nitrogens with zero attached hydrogens (tertiary/aromatic N) is 4. The Bertz CT molecular complexity index is 1120. The van der Waals surface area contributed by atoms with E-state index in [9.17, 15) is 26.3 Å². The molecule has 1 aliphatic heterocycles. The van der Waals surface area contributed by atoms with Crippen molar-refractivity contribution in [1.82, 2.24) is 15.0 Å². The molecule has 0 unspecified atom stereocenters. The molecule has 1 aromatic carbocycles. The highest BCUT2D eigenvalue weighted by atomic mass is 35.5. The minimum Gasteiger partial charge on any atom is -0.352 e. The zero-order chi connectivity index (χ0) is 22.6. The van der Waals surface area contributed by atoms with E-state index in [2.05, 4.69) is 15.0 Å². The molecule has 5 nitrogen and oxygen atoms in total. The number of benzene rings is 1. The number of H-pyrrole nitrogens is 1. The molecule has 166 valence electrons. The predicted octanol–water partition coefficient (Wildman–Crippen LogP) is 5.63. The molecule has 0 amide bonds. The summed E-state index contributed by atoms with van der Waals surface area (Å²) >= 11 is 12.0. The SMILES string of the molecule is FC(F)(F)c1cnc(N2CCN(c3nc4c(Cl)cc(C(F)(F)F)cc4[nH]3)CC2)c(Cl)c1. The van der Waals surface area contributed by atoms with E-state index in [4.69, 9.17) is 23.2 Å². The summed E-state index contributed by atoms with van der Waals surface area (Å²) in [5.74, 6) is 0.583. The molecule has 0 bridgehead atoms. The van der Waals surface area contributed by atoms with Crippen LogP contribution < -0.4 is 9.80 Å². The van der Waals surface area contributed by atoms with E-state index in [1.807, 2.05) is 0 Å². The van der Waals surface area contributed by atoms with Crippen LogP contribution in [0.1, 0.15) is 11.1 Å². The number of fused-ring (bicyclic) bond motifs is 1. The van der Waals surface area contributed by atoms with Crippen molar-refractivity contribution in [2.75, 3.05) is 36.0 Å². The Hall–Kier alpha value is -2.40. The fraction of sp³-hybridized carbons (Fsp3) is 0.333. The molecule has 13 heteroatoms. The number of anilines is 2. The number of piperazine rings is 1. The van der Waals surface area contributed by atoms with Gasteiger partial charge >= 0.3 is 12.4 Å². The number of nitrogens with one attached hydrogen (secondary N) is 1. The second-order valence-electron chi connectivity index (χ2n) is 6.91. The first-order chi connectivity index (χ1) is 14.4. The molecule has 1 fully saturated rings. The Morgan fingerprint density at radius 1 is 0.806 bits per heavy atom. The van der Waals surface area contributed by atoms with Crippen molar-refractivity contribution in [3.8, 4) is 0 Å². The van der Waals surface area contributed by atoms with E-state index in [-0.39, 0.29) is 26.9 Å². The molecule has 1 N–H and O–H groups in total. The van der Waals surface area contributed by atoms with Crippen LogP contribution in [-0.2, 0) is 12.4 Å². The van der Waals surface area contributed by atoms with Crippen molar-refractivity contribution in [2.24, 2.45) is 0 Å². The molecular weight excluding hydrogens is 471 g/mol. The Morgan fingerprint density at radius 2 is 1.39 bits per heavy atom. The molecule has 0 spiro atoms. The minimum atomic E-state index is -4.54. The van der Waals surface area contributed by atoms with Crippen LogP contribution in [0.2, 0.25) is 10.0 Å². The number of rotatable bonds is 2. The average molecular weight is 484 g/mol. The van der Waals surface area contributed by atoms with Crippen LogP contribution in [0.15, 0.2) is 24.4 Å². The smallest absolute Gasteiger partial charge is 0.352 e. The summed E-state index contributed by atoms with van der Waals surface area (Å²) in [7, 11) is 0. The van der Waals surface area contributed by atoms with Crippen molar-refractivity contribution >= 4 is 46.0 Å². The fourth-order valence-electron chi connectivity index (χ4n) is 3.32. The number of halogens is 8. The molecule has 0 atom stereocenters. The van der Waals surface area contributed by atoms with Gasteiger partial charge in [0.2, 0.25) is 5.95 Å². The van der Waals surface area contributed by atoms with Gasteiger partial charge in [-0.3, -0.25) is 0 Å². The third kappa shape index (κ3) is 4.33. The van der Waals surface area contributed by atoms with Gasteiger partial charge in [0.05, 0.1) is 26.7 Å². The van der Waals surface area contributed by atoms with E-state index in [1.54, 1.807) is 9.80 Å². The summed E-state index contributed by atoms with van der Waals surface area (Å²) in [5.41, 5.74) is -1.44. The quantitative estimate of drug-likeness (QED) is 0.480. The van der Waals surface area contributed by atoms with Gasteiger partial charge in [0, 0.05) is 32.4 Å². The second-order valence-corrected chi connectivity index (χ2v) is 7.73. The lowest BCUT2D eigenvalue weighted by molar-refractivity contribution is -0.138. The number of pyridine rings is 1. The topological polar surface area (TPSA) is 48.1 Å². The lowest BCUT2D eigenvalue weighted by Crippen LogP contribution is -2.47. The fourth-order valence-corrected chi connectivity index (χ4v) is 3.87. The number of hydrogen-bond donors (Lipinski definition) is 1. The van der Waals surface area contributed by atoms with Crippen LogP contribution in [0, 0.1) is 0 Å². The van der Waals surface area contributed by atoms with Gasteiger partial charge in [0.15, 0.2) is 0 Å². The van der Waals surface area contributed by atoms with Gasteiger partial charge in [0.25, 0.3) is 0 Å². The third-order valence-electron chi connectivity index (χ3n) is 4.88. The van der Waals surface area contributed by atoms with Gasteiger partial charge in [-0.2, -0.15) is 26.3 Å². The van der Waals surface area contributed by atoms with Gasteiger partial charge < -0.3 is 14.8 Å². The molecule has 1 aliphatic rings. The number of alkyl halides is 6. The minimum absolute atomic E-state index is 0.113. The maximum atomic E-state index is 13.0. The maximum Gasteiger partial charge on any atom is 0.417 e. The number of aromatic nitrogens is 3. The molecule has 0 radical (unpaired) electrons. The Kier molecular flexibility index (Phi) is 5.37. The number of imidazole rings is 1. The van der Waals surface area contributed by atoms with Crippen LogP contribution in [0.5, 0.6) is 0 Å². The lowest BCUT2D eigenvalue weighted by atomic mass is 10.2. The van der Waals surface area contributed by atoms with Crippen molar-refractivity contribution in [3.63, 3.8) is 0 Å². The molecule has 0 saturated carbocycles. The molecule has 0 aliphatic carbocycles. The highest BCUT2D eigenvalue weighted by molar-refractivity contribution is 6.35. The third-order valence-corrected chi connectivity index (χ3v) is 5.45. The Balaban J connectivity index is 1.51. The van der Waals surface area contributed by atoms with Gasteiger partial charge in [-0.05, 0) is 18.2 Å². The largest absolute Gasteiger partial charge is 0.417 e. The highest BCUT2D eigenvalue weighted by Gasteiger charge is 2.33. The van der Waals surface area contributed by atoms with Crippen molar-refractivity contribution in [3.05, 3.63) is 45.6 Å². The van der Waals surface area contributed by atoms with Gasteiger partial charge in [0.1, 0.15) is 11.3 Å². The highest BCUT2D eigenvalue weighted by Crippen LogP contribution is 2.36. The average Bonchev–Trinajstić information content (AvgIpc) is 3.12. The molecule has 3 heterocycles. The molecule has 4 rings (SSSR count). The Labute approximate surface area is 181 Å². The van der Waals surface area contributed by atoms with Crippen LogP contribution in [0.25, 0.3) is 11.0 Å². The summed E-state index contributed by atoms with van der Waals surface area (Å²) in [6.07, 6.45) is -8.35. The normalized spacial score (nSPS) is 15.7. The monoisotopic (exact) mass is 483 g/mol. The summed E-state index contributed by atoms with van der Waals surface area (Å²) < 4.78 is 77.3. The van der Waals surface area contributed by atoms with Crippen molar-refractivity contribution in [1.29, 1.82) is 0 Å². The zero-order valence-electron chi connectivity index (χ0n) is 15.5.